The van der Waals surface area contributed by atoms with Crippen LogP contribution in [0.15, 0.2) is 48.5 Å². The van der Waals surface area contributed by atoms with Gasteiger partial charge in [0.15, 0.2) is 0 Å². The molecule has 94 valence electrons. The monoisotopic (exact) mass is 362 g/mol. The molecule has 0 saturated carbocycles. The third-order valence-electron chi connectivity index (χ3n) is 2.60. The van der Waals surface area contributed by atoms with Gasteiger partial charge in [-0.05, 0) is 58.5 Å². The van der Waals surface area contributed by atoms with E-state index in [0.29, 0.717) is 17.7 Å². The Bertz CT molecular complexity index is 647. The van der Waals surface area contributed by atoms with E-state index >= 15 is 0 Å². The van der Waals surface area contributed by atoms with Crippen LogP contribution in [0.25, 0.3) is 0 Å². The molecule has 4 heteroatoms. The van der Waals surface area contributed by atoms with E-state index in [-0.39, 0.29) is 5.91 Å². The van der Waals surface area contributed by atoms with Crippen molar-refractivity contribution < 1.29 is 4.79 Å². The highest BCUT2D eigenvalue weighted by Crippen LogP contribution is 2.08. The minimum Gasteiger partial charge on any atom is -0.348 e. The first-order valence-electron chi connectivity index (χ1n) is 5.72. The molecule has 0 unspecified atom stereocenters. The van der Waals surface area contributed by atoms with Crippen LogP contribution in [0.2, 0.25) is 0 Å². The molecule has 0 fully saturated rings. The fourth-order valence-electron chi connectivity index (χ4n) is 1.66. The number of carbonyl (C=O) groups is 1. The smallest absolute Gasteiger partial charge is 0.251 e. The summed E-state index contributed by atoms with van der Waals surface area (Å²) < 4.78 is 1.02. The fraction of sp³-hybridized carbons (Fsp3) is 0.0667. The van der Waals surface area contributed by atoms with Crippen molar-refractivity contribution in [2.45, 2.75) is 6.54 Å². The van der Waals surface area contributed by atoms with E-state index in [0.717, 1.165) is 9.13 Å². The Kier molecular flexibility index (Phi) is 4.53. The molecule has 2 aromatic carbocycles. The van der Waals surface area contributed by atoms with Gasteiger partial charge in [0.1, 0.15) is 0 Å². The Balaban J connectivity index is 2.02. The quantitative estimate of drug-likeness (QED) is 0.854. The Morgan fingerprint density at radius 3 is 2.74 bits per heavy atom. The van der Waals surface area contributed by atoms with Crippen LogP contribution in [0, 0.1) is 14.9 Å². The number of nitrogens with zero attached hydrogens (tertiary/aromatic N) is 1. The standard InChI is InChI=1S/C15H11IN2O/c16-14-6-2-5-13(8-14)15(19)18-10-12-4-1-3-11(7-12)9-17/h1-8H,10H2,(H,18,19). The zero-order valence-electron chi connectivity index (χ0n) is 10.1. The van der Waals surface area contributed by atoms with E-state index in [4.69, 9.17) is 5.26 Å². The molecule has 0 radical (unpaired) electrons. The van der Waals surface area contributed by atoms with Gasteiger partial charge >= 0.3 is 0 Å². The molecule has 3 nitrogen and oxygen atoms in total. The summed E-state index contributed by atoms with van der Waals surface area (Å²) in [6.07, 6.45) is 0. The van der Waals surface area contributed by atoms with Crippen LogP contribution in [0.3, 0.4) is 0 Å². The van der Waals surface area contributed by atoms with Gasteiger partial charge in [0.25, 0.3) is 5.91 Å². The molecule has 1 N–H and O–H groups in total. The summed E-state index contributed by atoms with van der Waals surface area (Å²) in [5.74, 6) is -0.110. The summed E-state index contributed by atoms with van der Waals surface area (Å²) in [6.45, 7) is 0.416. The lowest BCUT2D eigenvalue weighted by molar-refractivity contribution is 0.0951. The summed E-state index contributed by atoms with van der Waals surface area (Å²) in [7, 11) is 0. The van der Waals surface area contributed by atoms with Crippen molar-refractivity contribution in [3.8, 4) is 6.07 Å². The lowest BCUT2D eigenvalue weighted by Crippen LogP contribution is -2.22. The first-order chi connectivity index (χ1) is 9.19. The van der Waals surface area contributed by atoms with Crippen molar-refractivity contribution in [1.29, 1.82) is 5.26 Å². The van der Waals surface area contributed by atoms with Crippen molar-refractivity contribution in [3.63, 3.8) is 0 Å². The third-order valence-corrected chi connectivity index (χ3v) is 3.27. The van der Waals surface area contributed by atoms with E-state index in [1.807, 2.05) is 30.3 Å². The van der Waals surface area contributed by atoms with Gasteiger partial charge in [0.2, 0.25) is 0 Å². The number of carbonyl (C=O) groups excluding carboxylic acids is 1. The van der Waals surface area contributed by atoms with Crippen molar-refractivity contribution in [2.24, 2.45) is 0 Å². The molecule has 0 spiro atoms. The zero-order chi connectivity index (χ0) is 13.7. The van der Waals surface area contributed by atoms with Gasteiger partial charge in [-0.3, -0.25) is 4.79 Å². The van der Waals surface area contributed by atoms with Crippen LogP contribution in [0.1, 0.15) is 21.5 Å². The Morgan fingerprint density at radius 2 is 2.00 bits per heavy atom. The Hall–Kier alpha value is -1.87. The van der Waals surface area contributed by atoms with Crippen LogP contribution < -0.4 is 5.32 Å². The molecule has 2 aromatic rings. The number of nitriles is 1. The van der Waals surface area contributed by atoms with E-state index in [9.17, 15) is 4.79 Å². The lowest BCUT2D eigenvalue weighted by Gasteiger charge is -2.06. The molecule has 1 amide bonds. The maximum Gasteiger partial charge on any atom is 0.251 e. The predicted octanol–water partition coefficient (Wildman–Crippen LogP) is 3.09. The molecular formula is C15H11IN2O. The minimum atomic E-state index is -0.110. The first kappa shape index (κ1) is 13.6. The molecule has 0 saturated heterocycles. The topological polar surface area (TPSA) is 52.9 Å². The average Bonchev–Trinajstić information content (AvgIpc) is 2.45. The fourth-order valence-corrected chi connectivity index (χ4v) is 2.21. The van der Waals surface area contributed by atoms with Crippen molar-refractivity contribution >= 4 is 28.5 Å². The van der Waals surface area contributed by atoms with Crippen LogP contribution in [-0.4, -0.2) is 5.91 Å². The molecule has 0 bridgehead atoms. The number of hydrogen-bond acceptors (Lipinski definition) is 2. The third kappa shape index (κ3) is 3.80. The van der Waals surface area contributed by atoms with Crippen molar-refractivity contribution in [3.05, 3.63) is 68.8 Å². The summed E-state index contributed by atoms with van der Waals surface area (Å²) >= 11 is 2.17. The SMILES string of the molecule is N#Cc1cccc(CNC(=O)c2cccc(I)c2)c1. The highest BCUT2D eigenvalue weighted by molar-refractivity contribution is 14.1. The van der Waals surface area contributed by atoms with E-state index in [1.54, 1.807) is 18.2 Å². The highest BCUT2D eigenvalue weighted by atomic mass is 127. The van der Waals surface area contributed by atoms with Gasteiger partial charge in [-0.1, -0.05) is 18.2 Å². The Morgan fingerprint density at radius 1 is 1.21 bits per heavy atom. The molecule has 0 heterocycles. The second kappa shape index (κ2) is 6.34. The number of rotatable bonds is 3. The van der Waals surface area contributed by atoms with Gasteiger partial charge in [0.05, 0.1) is 11.6 Å². The second-order valence-corrected chi connectivity index (χ2v) is 5.25. The Labute approximate surface area is 125 Å². The highest BCUT2D eigenvalue weighted by Gasteiger charge is 2.05. The molecular weight excluding hydrogens is 351 g/mol. The van der Waals surface area contributed by atoms with Crippen LogP contribution >= 0.6 is 22.6 Å². The molecule has 19 heavy (non-hydrogen) atoms. The van der Waals surface area contributed by atoms with Crippen LogP contribution in [0.5, 0.6) is 0 Å². The summed E-state index contributed by atoms with van der Waals surface area (Å²) in [5, 5.41) is 11.7. The maximum atomic E-state index is 11.9. The molecule has 2 rings (SSSR count). The number of nitrogens with one attached hydrogen (secondary N) is 1. The van der Waals surface area contributed by atoms with E-state index in [1.165, 1.54) is 0 Å². The normalized spacial score (nSPS) is 9.68. The summed E-state index contributed by atoms with van der Waals surface area (Å²) in [5.41, 5.74) is 2.15. The predicted molar refractivity (Wildman–Crippen MR) is 81.5 cm³/mol. The summed E-state index contributed by atoms with van der Waals surface area (Å²) in [6, 6.07) is 16.7. The zero-order valence-corrected chi connectivity index (χ0v) is 12.2. The van der Waals surface area contributed by atoms with Gasteiger partial charge in [-0.15, -0.1) is 0 Å². The molecule has 0 aliphatic rings. The van der Waals surface area contributed by atoms with Crippen LogP contribution in [-0.2, 0) is 6.54 Å². The van der Waals surface area contributed by atoms with Crippen molar-refractivity contribution in [2.75, 3.05) is 0 Å². The first-order valence-corrected chi connectivity index (χ1v) is 6.80. The van der Waals surface area contributed by atoms with Crippen LogP contribution in [0.4, 0.5) is 0 Å². The van der Waals surface area contributed by atoms with Gasteiger partial charge in [-0.2, -0.15) is 5.26 Å². The number of hydrogen-bond donors (Lipinski definition) is 1. The number of benzene rings is 2. The van der Waals surface area contributed by atoms with Gasteiger partial charge in [-0.25, -0.2) is 0 Å². The van der Waals surface area contributed by atoms with E-state index < -0.39 is 0 Å². The summed E-state index contributed by atoms with van der Waals surface area (Å²) in [4.78, 5) is 11.9. The maximum absolute atomic E-state index is 11.9. The van der Waals surface area contributed by atoms with E-state index in [2.05, 4.69) is 34.0 Å². The minimum absolute atomic E-state index is 0.110. The lowest BCUT2D eigenvalue weighted by atomic mass is 10.1. The molecule has 0 aromatic heterocycles. The number of halogens is 1. The molecule has 0 aliphatic heterocycles. The molecule has 0 aliphatic carbocycles. The second-order valence-electron chi connectivity index (χ2n) is 4.01. The van der Waals surface area contributed by atoms with Gasteiger partial charge < -0.3 is 5.32 Å². The number of amides is 1. The largest absolute Gasteiger partial charge is 0.348 e. The van der Waals surface area contributed by atoms with Gasteiger partial charge in [0, 0.05) is 15.7 Å². The average molecular weight is 362 g/mol. The van der Waals surface area contributed by atoms with Crippen molar-refractivity contribution in [1.82, 2.24) is 5.32 Å². The molecule has 0 atom stereocenters.